The molecule has 3 rings (SSSR count). The normalized spacial score (nSPS) is 20.0. The summed E-state index contributed by atoms with van der Waals surface area (Å²) in [6.45, 7) is 11.8. The highest BCUT2D eigenvalue weighted by Gasteiger charge is 2.51. The predicted octanol–water partition coefficient (Wildman–Crippen LogP) is 4.31. The second kappa shape index (κ2) is 17.4. The molecular formula is C32H43N4O5P. The van der Waals surface area contributed by atoms with Gasteiger partial charge in [-0.25, -0.2) is 0 Å². The number of ether oxygens (including phenoxy) is 3. The molecule has 1 fully saturated rings. The molecule has 1 heterocycles. The number of benzene rings is 1. The van der Waals surface area contributed by atoms with E-state index in [9.17, 15) is 9.59 Å². The molecule has 9 nitrogen and oxygen atoms in total. The van der Waals surface area contributed by atoms with Crippen molar-refractivity contribution < 1.29 is 23.8 Å². The van der Waals surface area contributed by atoms with E-state index in [2.05, 4.69) is 48.1 Å². The van der Waals surface area contributed by atoms with E-state index < -0.39 is 5.41 Å². The molecule has 0 saturated carbocycles. The first-order valence-corrected chi connectivity index (χ1v) is 14.1. The van der Waals surface area contributed by atoms with Crippen LogP contribution in [-0.4, -0.2) is 58.0 Å². The minimum absolute atomic E-state index is 0.0410. The average Bonchev–Trinajstić information content (AvgIpc) is 2.93. The number of rotatable bonds is 11. The monoisotopic (exact) mass is 594 g/mol. The fourth-order valence-electron chi connectivity index (χ4n) is 4.10. The Kier molecular flexibility index (Phi) is 14.3. The molecule has 2 aliphatic rings. The van der Waals surface area contributed by atoms with Gasteiger partial charge in [-0.05, 0) is 49.9 Å². The van der Waals surface area contributed by atoms with Crippen molar-refractivity contribution in [1.82, 2.24) is 10.6 Å². The maximum atomic E-state index is 13.1. The van der Waals surface area contributed by atoms with Gasteiger partial charge in [-0.1, -0.05) is 43.5 Å². The van der Waals surface area contributed by atoms with E-state index >= 15 is 0 Å². The van der Waals surface area contributed by atoms with Crippen LogP contribution in [0, 0.1) is 5.41 Å². The second-order valence-corrected chi connectivity index (χ2v) is 10.4. The maximum absolute atomic E-state index is 13.1. The van der Waals surface area contributed by atoms with E-state index in [0.717, 1.165) is 16.6 Å². The Morgan fingerprint density at radius 3 is 2.33 bits per heavy atom. The maximum Gasteiger partial charge on any atom is 0.242 e. The number of nitrogens with one attached hydrogen (secondary N) is 3. The van der Waals surface area contributed by atoms with Gasteiger partial charge in [0.25, 0.3) is 0 Å². The number of hydrogen-bond acceptors (Lipinski definition) is 7. The van der Waals surface area contributed by atoms with Crippen LogP contribution in [0.4, 0.5) is 5.69 Å². The second-order valence-electron chi connectivity index (χ2n) is 9.73. The lowest BCUT2D eigenvalue weighted by Crippen LogP contribution is -2.66. The van der Waals surface area contributed by atoms with Crippen molar-refractivity contribution in [3.8, 4) is 0 Å². The quantitative estimate of drug-likeness (QED) is 0.153. The number of nitrogens with zero attached hydrogens (tertiary/aromatic N) is 1. The van der Waals surface area contributed by atoms with Crippen molar-refractivity contribution in [3.63, 3.8) is 0 Å². The van der Waals surface area contributed by atoms with E-state index in [1.807, 2.05) is 43.4 Å². The van der Waals surface area contributed by atoms with Crippen LogP contribution in [-0.2, 0) is 23.8 Å². The first-order valence-electron chi connectivity index (χ1n) is 13.5. The zero-order valence-electron chi connectivity index (χ0n) is 25.2. The molecule has 1 aliphatic heterocycles. The van der Waals surface area contributed by atoms with Crippen LogP contribution in [0.3, 0.4) is 0 Å². The number of carbonyl (C=O) groups is 2. The van der Waals surface area contributed by atoms with Crippen molar-refractivity contribution in [3.05, 3.63) is 96.8 Å². The van der Waals surface area contributed by atoms with Gasteiger partial charge >= 0.3 is 0 Å². The molecule has 42 heavy (non-hydrogen) atoms. The van der Waals surface area contributed by atoms with E-state index in [4.69, 9.17) is 9.47 Å². The Bertz CT molecular complexity index is 1270. The van der Waals surface area contributed by atoms with Crippen molar-refractivity contribution in [2.24, 2.45) is 10.4 Å². The molecule has 0 spiro atoms. The Morgan fingerprint density at radius 1 is 1.12 bits per heavy atom. The third-order valence-corrected chi connectivity index (χ3v) is 6.91. The molecule has 1 aromatic rings. The van der Waals surface area contributed by atoms with Gasteiger partial charge in [0.2, 0.25) is 11.8 Å². The molecule has 226 valence electrons. The lowest BCUT2D eigenvalue weighted by atomic mass is 9.79. The van der Waals surface area contributed by atoms with Crippen LogP contribution in [0.2, 0.25) is 0 Å². The molecule has 0 aromatic heterocycles. The number of anilines is 1. The smallest absolute Gasteiger partial charge is 0.242 e. The zero-order chi connectivity index (χ0) is 31.1. The topological polar surface area (TPSA) is 110 Å². The highest BCUT2D eigenvalue weighted by Crippen LogP contribution is 2.26. The number of carbonyl (C=O) groups excluding carboxylic acids is 2. The minimum Gasteiger partial charge on any atom is -0.462 e. The average molecular weight is 595 g/mol. The number of amides is 2. The van der Waals surface area contributed by atoms with Gasteiger partial charge in [-0.15, -0.1) is 9.24 Å². The largest absolute Gasteiger partial charge is 0.462 e. The summed E-state index contributed by atoms with van der Waals surface area (Å²) in [5.74, 6) is 0.583. The summed E-state index contributed by atoms with van der Waals surface area (Å²) in [5, 5.41) is 9.79. The van der Waals surface area contributed by atoms with E-state index in [1.165, 1.54) is 6.20 Å². The van der Waals surface area contributed by atoms with Crippen LogP contribution in [0.25, 0.3) is 0 Å². The first-order chi connectivity index (χ1) is 20.1. The highest BCUT2D eigenvalue weighted by molar-refractivity contribution is 7.27. The van der Waals surface area contributed by atoms with Crippen molar-refractivity contribution in [2.75, 3.05) is 39.7 Å². The number of methoxy groups -OCH3 is 2. The Morgan fingerprint density at radius 2 is 1.79 bits per heavy atom. The molecule has 0 radical (unpaired) electrons. The Hall–Kier alpha value is -3.62. The van der Waals surface area contributed by atoms with Crippen LogP contribution in [0.5, 0.6) is 0 Å². The van der Waals surface area contributed by atoms with Gasteiger partial charge in [0.15, 0.2) is 5.41 Å². The minimum atomic E-state index is -1.16. The van der Waals surface area contributed by atoms with Gasteiger partial charge in [-0.3, -0.25) is 14.6 Å². The van der Waals surface area contributed by atoms with Gasteiger partial charge in [-0.2, -0.15) is 0 Å². The first kappa shape index (κ1) is 34.6. The SMILES string of the molecule is C=CN=C1CC(OC)C=C/C1=C(/C)OC(C=C)=CC/C=C(\C)NC(=O)C1(C(=O)Nc2ccc(P)cc2)CNC1.COC. The van der Waals surface area contributed by atoms with Gasteiger partial charge < -0.3 is 30.2 Å². The number of allylic oxidation sites excluding steroid dienone is 7. The molecule has 10 heteroatoms. The van der Waals surface area contributed by atoms with Crippen LogP contribution >= 0.6 is 9.24 Å². The van der Waals surface area contributed by atoms with Crippen molar-refractivity contribution in [1.29, 1.82) is 0 Å². The van der Waals surface area contributed by atoms with Gasteiger partial charge in [0.05, 0.1) is 11.8 Å². The molecule has 1 aromatic carbocycles. The van der Waals surface area contributed by atoms with Gasteiger partial charge in [0.1, 0.15) is 11.5 Å². The molecule has 3 N–H and O–H groups in total. The van der Waals surface area contributed by atoms with Crippen molar-refractivity contribution in [2.45, 2.75) is 32.8 Å². The third kappa shape index (κ3) is 9.74. The summed E-state index contributed by atoms with van der Waals surface area (Å²) >= 11 is 0. The van der Waals surface area contributed by atoms with Crippen LogP contribution in [0.15, 0.2) is 102 Å². The van der Waals surface area contributed by atoms with Gasteiger partial charge in [0, 0.05) is 64.0 Å². The van der Waals surface area contributed by atoms with E-state index in [1.54, 1.807) is 46.5 Å². The molecule has 1 saturated heterocycles. The summed E-state index contributed by atoms with van der Waals surface area (Å²) in [7, 11) is 7.51. The third-order valence-electron chi connectivity index (χ3n) is 6.53. The molecular weight excluding hydrogens is 551 g/mol. The summed E-state index contributed by atoms with van der Waals surface area (Å²) in [6.07, 6.45) is 11.9. The molecule has 1 aliphatic carbocycles. The summed E-state index contributed by atoms with van der Waals surface area (Å²) < 4.78 is 15.7. The number of hydrogen-bond donors (Lipinski definition) is 3. The Labute approximate surface area is 251 Å². The fraction of sp³-hybridized carbons (Fsp3) is 0.344. The lowest BCUT2D eigenvalue weighted by molar-refractivity contribution is -0.143. The predicted molar refractivity (Wildman–Crippen MR) is 173 cm³/mol. The van der Waals surface area contributed by atoms with Crippen molar-refractivity contribution >= 4 is 37.8 Å². The summed E-state index contributed by atoms with van der Waals surface area (Å²) in [5.41, 5.74) is 1.83. The molecule has 2 amide bonds. The summed E-state index contributed by atoms with van der Waals surface area (Å²) in [4.78, 5) is 30.5. The zero-order valence-corrected chi connectivity index (χ0v) is 26.3. The lowest BCUT2D eigenvalue weighted by Gasteiger charge is -2.39. The fourth-order valence-corrected chi connectivity index (χ4v) is 4.29. The Balaban J connectivity index is 0.00000197. The van der Waals surface area contributed by atoms with Crippen LogP contribution < -0.4 is 21.3 Å². The van der Waals surface area contributed by atoms with E-state index in [0.29, 0.717) is 35.7 Å². The molecule has 2 unspecified atom stereocenters. The number of aliphatic imine (C=N–C) groups is 1. The van der Waals surface area contributed by atoms with E-state index in [-0.39, 0.29) is 31.0 Å². The highest BCUT2D eigenvalue weighted by atomic mass is 31.0. The molecule has 2 atom stereocenters. The standard InChI is InChI=1S/C30H37N4O4P.C2H6O/c1-6-23(38-21(4)26-16-13-24(37-5)17-27(26)32-7-2)10-8-9-20(3)33-28(35)30(18-31-19-30)29(36)34-22-11-14-25(39)15-12-22;1-3-2/h6-7,9-16,24,31H,1-2,8,17-19,39H2,3-5H3,(H,33,35)(H,34,36);1-2H3/b20-9+,23-10?,26-21+,32-27?;. The summed E-state index contributed by atoms with van der Waals surface area (Å²) in [6, 6.07) is 7.37. The van der Waals surface area contributed by atoms with Crippen LogP contribution in [0.1, 0.15) is 26.7 Å². The molecule has 0 bridgehead atoms.